The van der Waals surface area contributed by atoms with Crippen molar-refractivity contribution in [2.75, 3.05) is 6.61 Å². The fourth-order valence-electron chi connectivity index (χ4n) is 6.26. The molecule has 0 bridgehead atoms. The fourth-order valence-corrected chi connectivity index (χ4v) is 6.26. The van der Waals surface area contributed by atoms with E-state index in [2.05, 4.69) is 0 Å². The van der Waals surface area contributed by atoms with E-state index in [1.54, 1.807) is 0 Å². The average molecular weight is 757 g/mol. The summed E-state index contributed by atoms with van der Waals surface area (Å²) >= 11 is 0. The summed E-state index contributed by atoms with van der Waals surface area (Å²) in [6, 6.07) is 5.15. The van der Waals surface area contributed by atoms with Gasteiger partial charge in [0.2, 0.25) is 17.5 Å². The number of aliphatic hydroxyl groups excluding tert-OH is 8. The summed E-state index contributed by atoms with van der Waals surface area (Å²) in [5.74, 6) is -3.51. The number of ether oxygens (including phenoxy) is 6. The first-order valence-electron chi connectivity index (χ1n) is 16.4. The SMILES string of the molecule is C[C@@H]1O[C@@H](O[C@@H]2[C@@H](O)[C@H](C)O[C@@H](OC[C@H]3O[C@@H](Oc4c(-c5ccc(O)c(O)c5)oc5cc(O)cc(O)c5c4=O)[C@H](O)[C@@H](O)[C@@H]3O)[C@@H]2O)[C@H](O)[C@H](O)[C@H]1O. The first-order valence-corrected chi connectivity index (χ1v) is 16.4. The van der Waals surface area contributed by atoms with Gasteiger partial charge in [-0.05, 0) is 32.0 Å². The van der Waals surface area contributed by atoms with Gasteiger partial charge in [0.15, 0.2) is 29.8 Å². The second-order valence-electron chi connectivity index (χ2n) is 13.1. The lowest BCUT2D eigenvalue weighted by atomic mass is 9.97. The van der Waals surface area contributed by atoms with Crippen LogP contribution in [0.4, 0.5) is 0 Å². The molecular weight excluding hydrogens is 716 g/mol. The molecule has 0 spiro atoms. The first-order chi connectivity index (χ1) is 25.0. The minimum Gasteiger partial charge on any atom is -0.508 e. The zero-order chi connectivity index (χ0) is 38.6. The monoisotopic (exact) mass is 756 g/mol. The highest BCUT2D eigenvalue weighted by Gasteiger charge is 2.51. The number of hydrogen-bond donors (Lipinski definition) is 12. The normalized spacial score (nSPS) is 37.8. The van der Waals surface area contributed by atoms with E-state index in [0.717, 1.165) is 24.3 Å². The van der Waals surface area contributed by atoms with E-state index >= 15 is 0 Å². The van der Waals surface area contributed by atoms with Crippen LogP contribution >= 0.6 is 0 Å². The third-order valence-electron chi connectivity index (χ3n) is 9.36. The molecule has 20 nitrogen and oxygen atoms in total. The Hall–Kier alpha value is -3.87. The zero-order valence-corrected chi connectivity index (χ0v) is 27.9. The second kappa shape index (κ2) is 15.1. The Balaban J connectivity index is 1.23. The summed E-state index contributed by atoms with van der Waals surface area (Å²) in [6.45, 7) is 2.11. The Morgan fingerprint density at radius 1 is 0.642 bits per heavy atom. The molecule has 15 atom stereocenters. The molecule has 1 aromatic heterocycles. The molecule has 3 aromatic rings. The molecule has 292 valence electrons. The van der Waals surface area contributed by atoms with E-state index in [1.807, 2.05) is 0 Å². The Morgan fingerprint density at radius 3 is 1.98 bits per heavy atom. The second-order valence-corrected chi connectivity index (χ2v) is 13.1. The van der Waals surface area contributed by atoms with Gasteiger partial charge in [0, 0.05) is 17.7 Å². The Labute approximate surface area is 298 Å². The van der Waals surface area contributed by atoms with E-state index in [9.17, 15) is 66.1 Å². The highest BCUT2D eigenvalue weighted by Crippen LogP contribution is 2.40. The third kappa shape index (κ3) is 7.34. The van der Waals surface area contributed by atoms with Crippen LogP contribution in [0.3, 0.4) is 0 Å². The Morgan fingerprint density at radius 2 is 1.28 bits per heavy atom. The summed E-state index contributed by atoms with van der Waals surface area (Å²) in [7, 11) is 0. The van der Waals surface area contributed by atoms with Crippen LogP contribution in [0.15, 0.2) is 39.5 Å². The lowest BCUT2D eigenvalue weighted by molar-refractivity contribution is -0.358. The largest absolute Gasteiger partial charge is 0.508 e. The fraction of sp³-hybridized carbons (Fsp3) is 0.545. The average Bonchev–Trinajstić information content (AvgIpc) is 3.11. The summed E-state index contributed by atoms with van der Waals surface area (Å²) in [5, 5.41) is 125. The maximum Gasteiger partial charge on any atom is 0.239 e. The molecule has 3 aliphatic rings. The molecule has 3 aliphatic heterocycles. The molecule has 12 N–H and O–H groups in total. The summed E-state index contributed by atoms with van der Waals surface area (Å²) < 4.78 is 39.5. The summed E-state index contributed by atoms with van der Waals surface area (Å²) in [6.07, 6.45) is -24.5. The van der Waals surface area contributed by atoms with Crippen molar-refractivity contribution < 1.29 is 94.1 Å². The van der Waals surface area contributed by atoms with Gasteiger partial charge in [0.05, 0.1) is 18.8 Å². The number of phenols is 4. The van der Waals surface area contributed by atoms with Crippen molar-refractivity contribution in [1.82, 2.24) is 0 Å². The van der Waals surface area contributed by atoms with E-state index in [-0.39, 0.29) is 11.1 Å². The van der Waals surface area contributed by atoms with Gasteiger partial charge in [0.25, 0.3) is 0 Å². The molecule has 0 amide bonds. The molecule has 0 saturated carbocycles. The van der Waals surface area contributed by atoms with Crippen molar-refractivity contribution in [3.63, 3.8) is 0 Å². The van der Waals surface area contributed by atoms with Crippen LogP contribution in [-0.4, -0.2) is 160 Å². The number of aromatic hydroxyl groups is 4. The maximum atomic E-state index is 13.7. The van der Waals surface area contributed by atoms with Crippen molar-refractivity contribution in [3.05, 3.63) is 40.6 Å². The van der Waals surface area contributed by atoms with Crippen LogP contribution < -0.4 is 10.2 Å². The number of hydrogen-bond acceptors (Lipinski definition) is 20. The molecule has 53 heavy (non-hydrogen) atoms. The quantitative estimate of drug-likeness (QED) is 0.103. The number of fused-ring (bicyclic) bond motifs is 1. The van der Waals surface area contributed by atoms with Crippen LogP contribution in [-0.2, 0) is 23.7 Å². The Bertz CT molecular complexity index is 1830. The topological polar surface area (TPSA) is 328 Å². The number of benzene rings is 2. The van der Waals surface area contributed by atoms with E-state index in [4.69, 9.17) is 32.8 Å². The van der Waals surface area contributed by atoms with Gasteiger partial charge in [-0.2, -0.15) is 0 Å². The molecular formula is C33H40O20. The standard InChI is InChI=1S/C33H40O20/c1-9-19(38)23(42)25(44)32(49-9)52-29-20(39)10(2)48-31(27(29)46)47-8-17-21(40)24(43)26(45)33(51-17)53-30-22(41)18-15(37)6-12(34)7-16(18)50-28(30)11-3-4-13(35)14(36)5-11/h3-7,9-10,17,19-21,23-27,29,31-40,42-46H,8H2,1-2H3/t9-,10-,17+,19-,20-,21+,23+,24-,25+,26+,27+,29+,31+,32-,33-/m0/s1. The highest BCUT2D eigenvalue weighted by molar-refractivity contribution is 5.88. The van der Waals surface area contributed by atoms with Crippen molar-refractivity contribution in [1.29, 1.82) is 0 Å². The zero-order valence-electron chi connectivity index (χ0n) is 27.9. The lowest BCUT2D eigenvalue weighted by Gasteiger charge is -2.46. The van der Waals surface area contributed by atoms with Crippen molar-refractivity contribution >= 4 is 11.0 Å². The minimum atomic E-state index is -2.03. The minimum absolute atomic E-state index is 0.0642. The van der Waals surface area contributed by atoms with E-state index in [1.165, 1.54) is 19.9 Å². The van der Waals surface area contributed by atoms with Gasteiger partial charge in [-0.25, -0.2) is 0 Å². The Kier molecular flexibility index (Phi) is 11.1. The van der Waals surface area contributed by atoms with Crippen LogP contribution in [0, 0.1) is 0 Å². The molecule has 20 heteroatoms. The number of rotatable bonds is 8. The number of phenolic OH excluding ortho intramolecular Hbond substituents is 4. The summed E-state index contributed by atoms with van der Waals surface area (Å²) in [5.41, 5.74) is -1.45. The van der Waals surface area contributed by atoms with Gasteiger partial charge in [-0.1, -0.05) is 0 Å². The molecule has 2 aromatic carbocycles. The van der Waals surface area contributed by atoms with E-state index in [0.29, 0.717) is 0 Å². The smallest absolute Gasteiger partial charge is 0.239 e. The molecule has 0 radical (unpaired) electrons. The van der Waals surface area contributed by atoms with Crippen molar-refractivity contribution in [2.45, 2.75) is 106 Å². The van der Waals surface area contributed by atoms with Crippen LogP contribution in [0.1, 0.15) is 13.8 Å². The summed E-state index contributed by atoms with van der Waals surface area (Å²) in [4.78, 5) is 13.7. The lowest BCUT2D eigenvalue weighted by Crippen LogP contribution is -2.64. The third-order valence-corrected chi connectivity index (χ3v) is 9.36. The van der Waals surface area contributed by atoms with Crippen molar-refractivity contribution in [3.8, 4) is 40.1 Å². The molecule has 0 aliphatic carbocycles. The predicted octanol–water partition coefficient (Wildman–Crippen LogP) is -2.84. The van der Waals surface area contributed by atoms with Crippen LogP contribution in [0.2, 0.25) is 0 Å². The van der Waals surface area contributed by atoms with Gasteiger partial charge >= 0.3 is 0 Å². The molecule has 0 unspecified atom stereocenters. The molecule has 6 rings (SSSR count). The maximum absolute atomic E-state index is 13.7. The van der Waals surface area contributed by atoms with Crippen molar-refractivity contribution in [2.24, 2.45) is 0 Å². The van der Waals surface area contributed by atoms with Gasteiger partial charge in [-0.3, -0.25) is 4.79 Å². The number of aliphatic hydroxyl groups is 8. The van der Waals surface area contributed by atoms with Crippen LogP contribution in [0.5, 0.6) is 28.7 Å². The highest BCUT2D eigenvalue weighted by atomic mass is 16.7. The van der Waals surface area contributed by atoms with E-state index < -0.39 is 144 Å². The first kappa shape index (κ1) is 38.8. The molecule has 3 fully saturated rings. The van der Waals surface area contributed by atoms with Gasteiger partial charge < -0.3 is 94.1 Å². The van der Waals surface area contributed by atoms with Gasteiger partial charge in [0.1, 0.15) is 83.5 Å². The molecule has 4 heterocycles. The predicted molar refractivity (Wildman–Crippen MR) is 171 cm³/mol. The van der Waals surface area contributed by atoms with Crippen LogP contribution in [0.25, 0.3) is 22.3 Å². The van der Waals surface area contributed by atoms with Gasteiger partial charge in [-0.15, -0.1) is 0 Å². The molecule has 3 saturated heterocycles.